The first-order valence-electron chi connectivity index (χ1n) is 9.17. The van der Waals surface area contributed by atoms with Crippen LogP contribution in [0.4, 0.5) is 0 Å². The zero-order valence-corrected chi connectivity index (χ0v) is 18.2. The number of halogens is 2. The molecule has 2 aromatic rings. The number of carbonyl (C=O) groups is 1. The minimum Gasteiger partial charge on any atom is -0.496 e. The minimum absolute atomic E-state index is 0.0640. The molecule has 9 heteroatoms. The molecule has 0 saturated carbocycles. The van der Waals surface area contributed by atoms with E-state index in [9.17, 15) is 13.2 Å². The lowest BCUT2D eigenvalue weighted by molar-refractivity contribution is -0.126. The number of para-hydroxylation sites is 1. The summed E-state index contributed by atoms with van der Waals surface area (Å²) in [6.45, 7) is 0.890. The predicted octanol–water partition coefficient (Wildman–Crippen LogP) is 3.72. The van der Waals surface area contributed by atoms with Crippen LogP contribution in [0.3, 0.4) is 0 Å². The van der Waals surface area contributed by atoms with E-state index in [1.807, 2.05) is 24.3 Å². The van der Waals surface area contributed by atoms with Crippen molar-refractivity contribution in [1.29, 1.82) is 0 Å². The molecule has 1 saturated heterocycles. The first-order chi connectivity index (χ1) is 13.8. The third-order valence-corrected chi connectivity index (χ3v) is 7.26. The van der Waals surface area contributed by atoms with Crippen LogP contribution in [0.2, 0.25) is 10.0 Å². The Labute approximate surface area is 180 Å². The van der Waals surface area contributed by atoms with Gasteiger partial charge in [0.25, 0.3) is 0 Å². The zero-order valence-electron chi connectivity index (χ0n) is 15.9. The highest BCUT2D eigenvalue weighted by Gasteiger charge is 2.32. The summed E-state index contributed by atoms with van der Waals surface area (Å²) in [5.74, 6) is 0.395. The Hall–Kier alpha value is -1.80. The van der Waals surface area contributed by atoms with Gasteiger partial charge in [0.15, 0.2) is 0 Å². The van der Waals surface area contributed by atoms with Crippen LogP contribution in [0.25, 0.3) is 0 Å². The molecule has 0 aromatic heterocycles. The highest BCUT2D eigenvalue weighted by Crippen LogP contribution is 2.28. The molecule has 1 aliphatic rings. The Balaban J connectivity index is 1.59. The van der Waals surface area contributed by atoms with Crippen molar-refractivity contribution in [3.63, 3.8) is 0 Å². The lowest BCUT2D eigenvalue weighted by Gasteiger charge is -2.30. The summed E-state index contributed by atoms with van der Waals surface area (Å²) in [7, 11) is -2.12. The second kappa shape index (κ2) is 9.34. The Kier molecular flexibility index (Phi) is 7.05. The van der Waals surface area contributed by atoms with Crippen molar-refractivity contribution in [2.45, 2.75) is 24.3 Å². The summed E-state index contributed by atoms with van der Waals surface area (Å²) in [5.41, 5.74) is 0.890. The average molecular weight is 457 g/mol. The largest absolute Gasteiger partial charge is 0.496 e. The first kappa shape index (κ1) is 21.9. The molecule has 156 valence electrons. The van der Waals surface area contributed by atoms with Gasteiger partial charge in [0.05, 0.1) is 12.0 Å². The fourth-order valence-electron chi connectivity index (χ4n) is 3.36. The molecular formula is C20H22Cl2N2O4S. The van der Waals surface area contributed by atoms with Crippen LogP contribution in [0.5, 0.6) is 5.75 Å². The Bertz CT molecular complexity index is 969. The van der Waals surface area contributed by atoms with Crippen LogP contribution >= 0.6 is 23.2 Å². The van der Waals surface area contributed by atoms with Gasteiger partial charge in [0, 0.05) is 41.2 Å². The lowest BCUT2D eigenvalue weighted by Crippen LogP contribution is -2.42. The number of benzene rings is 2. The Morgan fingerprint density at radius 3 is 2.38 bits per heavy atom. The number of rotatable bonds is 6. The summed E-state index contributed by atoms with van der Waals surface area (Å²) >= 11 is 11.9. The number of nitrogens with one attached hydrogen (secondary N) is 1. The van der Waals surface area contributed by atoms with Gasteiger partial charge < -0.3 is 10.1 Å². The van der Waals surface area contributed by atoms with E-state index in [0.717, 1.165) is 5.56 Å². The van der Waals surface area contributed by atoms with Crippen LogP contribution in [-0.2, 0) is 21.4 Å². The molecular weight excluding hydrogens is 435 g/mol. The summed E-state index contributed by atoms with van der Waals surface area (Å²) < 4.78 is 32.4. The van der Waals surface area contributed by atoms with Crippen molar-refractivity contribution in [3.05, 3.63) is 58.1 Å². The molecule has 0 radical (unpaired) electrons. The third kappa shape index (κ3) is 5.22. The number of piperidine rings is 1. The van der Waals surface area contributed by atoms with Crippen molar-refractivity contribution in [2.24, 2.45) is 5.92 Å². The molecule has 1 heterocycles. The molecule has 3 rings (SSSR count). The SMILES string of the molecule is COc1ccccc1CNC(=O)C1CCN(S(=O)(=O)c2cc(Cl)cc(Cl)c2)CC1. The van der Waals surface area contributed by atoms with E-state index < -0.39 is 10.0 Å². The molecule has 0 bridgehead atoms. The van der Waals surface area contributed by atoms with Gasteiger partial charge in [0.2, 0.25) is 15.9 Å². The number of nitrogens with zero attached hydrogens (tertiary/aromatic N) is 1. The van der Waals surface area contributed by atoms with Crippen molar-refractivity contribution >= 4 is 39.1 Å². The van der Waals surface area contributed by atoms with Crippen LogP contribution in [0.15, 0.2) is 47.4 Å². The Morgan fingerprint density at radius 2 is 1.76 bits per heavy atom. The van der Waals surface area contributed by atoms with Crippen LogP contribution in [-0.4, -0.2) is 38.8 Å². The van der Waals surface area contributed by atoms with E-state index in [1.165, 1.54) is 22.5 Å². The number of ether oxygens (including phenoxy) is 1. The second-order valence-corrected chi connectivity index (χ2v) is 9.62. The van der Waals surface area contributed by atoms with Gasteiger partial charge in [-0.3, -0.25) is 4.79 Å². The molecule has 0 spiro atoms. The second-order valence-electron chi connectivity index (χ2n) is 6.81. The molecule has 1 aliphatic heterocycles. The van der Waals surface area contributed by atoms with Crippen molar-refractivity contribution in [2.75, 3.05) is 20.2 Å². The summed E-state index contributed by atoms with van der Waals surface area (Å²) in [6, 6.07) is 11.7. The molecule has 29 heavy (non-hydrogen) atoms. The van der Waals surface area contributed by atoms with E-state index in [2.05, 4.69) is 5.32 Å². The van der Waals surface area contributed by atoms with Crippen molar-refractivity contribution in [1.82, 2.24) is 9.62 Å². The molecule has 0 aliphatic carbocycles. The summed E-state index contributed by atoms with van der Waals surface area (Å²) in [5, 5.41) is 3.45. The summed E-state index contributed by atoms with van der Waals surface area (Å²) in [6.07, 6.45) is 0.899. The Morgan fingerprint density at radius 1 is 1.14 bits per heavy atom. The van der Waals surface area contributed by atoms with Crippen LogP contribution < -0.4 is 10.1 Å². The minimum atomic E-state index is -3.70. The van der Waals surface area contributed by atoms with Gasteiger partial charge in [-0.15, -0.1) is 0 Å². The topological polar surface area (TPSA) is 75.7 Å². The summed E-state index contributed by atoms with van der Waals surface area (Å²) in [4.78, 5) is 12.6. The average Bonchev–Trinajstić information content (AvgIpc) is 2.71. The smallest absolute Gasteiger partial charge is 0.243 e. The van der Waals surface area contributed by atoms with Crippen molar-refractivity contribution in [3.8, 4) is 5.75 Å². The lowest BCUT2D eigenvalue weighted by atomic mass is 9.97. The van der Waals surface area contributed by atoms with E-state index in [4.69, 9.17) is 27.9 Å². The number of hydrogen-bond donors (Lipinski definition) is 1. The number of methoxy groups -OCH3 is 1. The first-order valence-corrected chi connectivity index (χ1v) is 11.4. The number of sulfonamides is 1. The fraction of sp³-hybridized carbons (Fsp3) is 0.350. The van der Waals surface area contributed by atoms with E-state index in [1.54, 1.807) is 7.11 Å². The normalized spacial score (nSPS) is 15.8. The number of carbonyl (C=O) groups excluding carboxylic acids is 1. The van der Waals surface area contributed by atoms with Gasteiger partial charge in [-0.25, -0.2) is 8.42 Å². The van der Waals surface area contributed by atoms with E-state index >= 15 is 0 Å². The van der Waals surface area contributed by atoms with Gasteiger partial charge >= 0.3 is 0 Å². The quantitative estimate of drug-likeness (QED) is 0.718. The highest BCUT2D eigenvalue weighted by atomic mass is 35.5. The van der Waals surface area contributed by atoms with Gasteiger partial charge in [-0.1, -0.05) is 41.4 Å². The standard InChI is InChI=1S/C20H22Cl2N2O4S/c1-28-19-5-3-2-4-15(19)13-23-20(25)14-6-8-24(9-7-14)29(26,27)18-11-16(21)10-17(22)12-18/h2-5,10-12,14H,6-9,13H2,1H3,(H,23,25). The maximum atomic E-state index is 12.8. The van der Waals surface area contributed by atoms with E-state index in [-0.39, 0.29) is 39.9 Å². The van der Waals surface area contributed by atoms with Gasteiger partial charge in [-0.2, -0.15) is 4.31 Å². The maximum absolute atomic E-state index is 12.8. The number of amides is 1. The molecule has 1 fully saturated rings. The van der Waals surface area contributed by atoms with E-state index in [0.29, 0.717) is 25.1 Å². The molecule has 2 aromatic carbocycles. The molecule has 0 unspecified atom stereocenters. The fourth-order valence-corrected chi connectivity index (χ4v) is 5.56. The van der Waals surface area contributed by atoms with Gasteiger partial charge in [0.1, 0.15) is 5.75 Å². The monoisotopic (exact) mass is 456 g/mol. The highest BCUT2D eigenvalue weighted by molar-refractivity contribution is 7.89. The molecule has 1 N–H and O–H groups in total. The van der Waals surface area contributed by atoms with Crippen LogP contribution in [0.1, 0.15) is 18.4 Å². The van der Waals surface area contributed by atoms with Crippen molar-refractivity contribution < 1.29 is 17.9 Å². The maximum Gasteiger partial charge on any atom is 0.243 e. The van der Waals surface area contributed by atoms with Crippen LogP contribution in [0, 0.1) is 5.92 Å². The number of hydrogen-bond acceptors (Lipinski definition) is 4. The predicted molar refractivity (Wildman–Crippen MR) is 113 cm³/mol. The molecule has 1 amide bonds. The third-order valence-electron chi connectivity index (χ3n) is 4.94. The molecule has 6 nitrogen and oxygen atoms in total. The van der Waals surface area contributed by atoms with Gasteiger partial charge in [-0.05, 0) is 37.1 Å². The molecule has 0 atom stereocenters. The zero-order chi connectivity index (χ0) is 21.0.